The van der Waals surface area contributed by atoms with Crippen LogP contribution in [0.15, 0.2) is 0 Å². The van der Waals surface area contributed by atoms with Crippen LogP contribution in [0, 0.1) is 0 Å². The van der Waals surface area contributed by atoms with E-state index in [0.717, 1.165) is 14.4 Å². The molecule has 1 fully saturated rings. The van der Waals surface area contributed by atoms with Gasteiger partial charge in [0.05, 0.1) is 0 Å². The Morgan fingerprint density at radius 3 is 2.54 bits per heavy atom. The molecule has 1 rings (SSSR count). The Labute approximate surface area is 88.8 Å². The number of alkyl halides is 4. The molecule has 3 N–H and O–H groups in total. The maximum atomic E-state index is 5.78. The van der Waals surface area contributed by atoms with Crippen LogP contribution >= 0.6 is 29.8 Å². The molecule has 1 saturated heterocycles. The predicted molar refractivity (Wildman–Crippen MR) is 81.9 cm³/mol. The Kier molecular flexibility index (Phi) is 4.60. The number of hydrogen-bond donors (Lipinski definition) is 2. The molecule has 0 amide bonds. The van der Waals surface area contributed by atoms with Crippen molar-refractivity contribution in [1.29, 1.82) is 0 Å². The molecular weight excluding hydrogens is 390 g/mol. The first-order valence-electron chi connectivity index (χ1n) is 4.67. The van der Waals surface area contributed by atoms with Crippen molar-refractivity contribution in [2.24, 2.45) is 5.73 Å². The fourth-order valence-corrected chi connectivity index (χ4v) is 47.4. The first-order chi connectivity index (χ1) is 6.10. The molecule has 0 bridgehead atoms. The third kappa shape index (κ3) is 2.43. The summed E-state index contributed by atoms with van der Waals surface area (Å²) in [4.78, 5) is 0. The van der Waals surface area contributed by atoms with Gasteiger partial charge in [0.15, 0.2) is 0 Å². The van der Waals surface area contributed by atoms with Gasteiger partial charge in [0.1, 0.15) is 0 Å². The molecule has 1 aliphatic rings. The fraction of sp³-hybridized carbons (Fsp3) is 0.889. The molecule has 0 aromatic carbocycles. The van der Waals surface area contributed by atoms with E-state index in [4.69, 9.17) is 5.73 Å². The van der Waals surface area contributed by atoms with E-state index in [0.29, 0.717) is 0 Å². The molecule has 0 saturated carbocycles. The zero-order valence-electron chi connectivity index (χ0n) is 8.82. The molecule has 0 spiro atoms. The van der Waals surface area contributed by atoms with Gasteiger partial charge >= 0.3 is 89.7 Å². The summed E-state index contributed by atoms with van der Waals surface area (Å²) in [7, 11) is 2.07. The second-order valence-corrected chi connectivity index (χ2v) is 33.7. The van der Waals surface area contributed by atoms with Crippen LogP contribution in [-0.2, 0) is 0 Å². The summed E-state index contributed by atoms with van der Waals surface area (Å²) in [5, 5.41) is 3.36. The summed E-state index contributed by atoms with van der Waals surface area (Å²) in [6.45, 7) is 5.70. The molecule has 3 atom stereocenters. The summed E-state index contributed by atoms with van der Waals surface area (Å²) >= 11 is -2.24. The van der Waals surface area contributed by atoms with Crippen LogP contribution in [0.2, 0.25) is 0 Å². The van der Waals surface area contributed by atoms with E-state index in [1.165, 1.54) is 8.98 Å². The van der Waals surface area contributed by atoms with Crippen molar-refractivity contribution in [3.8, 4) is 0 Å². The molecule has 0 aromatic heterocycles. The van der Waals surface area contributed by atoms with Gasteiger partial charge in [-0.3, -0.25) is 0 Å². The summed E-state index contributed by atoms with van der Waals surface area (Å²) in [6.07, 6.45) is 0. The van der Waals surface area contributed by atoms with Crippen molar-refractivity contribution in [1.82, 2.24) is 5.32 Å². The Morgan fingerprint density at radius 2 is 2.23 bits per heavy atom. The number of nitrogens with one attached hydrogen (secondary N) is 1. The van der Waals surface area contributed by atoms with Crippen LogP contribution in [0.4, 0.5) is 0 Å². The Hall–Kier alpha value is 1.25. The molecule has 0 aliphatic carbocycles. The van der Waals surface area contributed by atoms with Crippen LogP contribution in [0.3, 0.4) is 0 Å². The van der Waals surface area contributed by atoms with Crippen LogP contribution in [-0.4, -0.2) is 34.9 Å². The van der Waals surface area contributed by atoms with Gasteiger partial charge in [0.2, 0.25) is 0 Å². The third-order valence-electron chi connectivity index (χ3n) is 2.46. The summed E-state index contributed by atoms with van der Waals surface area (Å²) < 4.78 is 9.23. The Balaban J connectivity index is 2.64. The van der Waals surface area contributed by atoms with E-state index in [2.05, 4.69) is 30.7 Å². The van der Waals surface area contributed by atoms with Crippen molar-refractivity contribution in [2.45, 2.75) is 21.7 Å². The van der Waals surface area contributed by atoms with Gasteiger partial charge in [0, 0.05) is 0 Å². The van der Waals surface area contributed by atoms with E-state index in [1.807, 2.05) is 0 Å². The number of nitrogens with two attached hydrogens (primary N) is 1. The normalized spacial score (nSPS) is 36.8. The molecule has 82 valence electrons. The topological polar surface area (TPSA) is 38.0 Å². The molecule has 1 aliphatic heterocycles. The van der Waals surface area contributed by atoms with Gasteiger partial charge in [-0.15, -0.1) is 0 Å². The molecule has 13 heavy (non-hydrogen) atoms. The summed E-state index contributed by atoms with van der Waals surface area (Å²) in [5.41, 5.74) is 5.78. The average Bonchev–Trinajstić information content (AvgIpc) is 2.77. The zero-order chi connectivity index (χ0) is 10.1. The van der Waals surface area contributed by atoms with E-state index in [1.54, 1.807) is 0 Å². The van der Waals surface area contributed by atoms with Crippen molar-refractivity contribution in [3.05, 3.63) is 0 Å². The second-order valence-electron chi connectivity index (χ2n) is 3.34. The Morgan fingerprint density at radius 1 is 1.62 bits per heavy atom. The SMILES string of the molecule is C=I(CC)(CNC)I1C(C)[C@@H]1CN. The molecule has 2 nitrogen and oxygen atoms in total. The monoisotopic (exact) mass is 412 g/mol. The van der Waals surface area contributed by atoms with E-state index < -0.39 is 29.8 Å². The van der Waals surface area contributed by atoms with Gasteiger partial charge < -0.3 is 0 Å². The fourth-order valence-electron chi connectivity index (χ4n) is 1.59. The number of hydrogen-bond acceptors (Lipinski definition) is 2. The Bertz CT molecular complexity index is 218. The molecule has 2 unspecified atom stereocenters. The molecule has 0 radical (unpaired) electrons. The van der Waals surface area contributed by atoms with Crippen LogP contribution in [0.5, 0.6) is 0 Å². The van der Waals surface area contributed by atoms with E-state index >= 15 is 0 Å². The quantitative estimate of drug-likeness (QED) is 0.411. The molecule has 0 aromatic rings. The molecular formula is C9H22I2N2. The third-order valence-corrected chi connectivity index (χ3v) is 42.6. The number of halogens is 2. The van der Waals surface area contributed by atoms with Gasteiger partial charge in [-0.1, -0.05) is 0 Å². The second kappa shape index (κ2) is 4.85. The van der Waals surface area contributed by atoms with Crippen molar-refractivity contribution in [2.75, 3.05) is 22.6 Å². The number of rotatable bonds is 5. The van der Waals surface area contributed by atoms with E-state index in [-0.39, 0.29) is 0 Å². The molecule has 1 heterocycles. The van der Waals surface area contributed by atoms with E-state index in [9.17, 15) is 0 Å². The maximum absolute atomic E-state index is 5.78. The first kappa shape index (κ1) is 12.3. The van der Waals surface area contributed by atoms with Gasteiger partial charge in [0.25, 0.3) is 0 Å². The molecule has 4 heteroatoms. The van der Waals surface area contributed by atoms with Gasteiger partial charge in [-0.25, -0.2) is 0 Å². The standard InChI is InChI=1S/C9H22I2N2/c1-5-11(3,7-13-4)10-8(2)9(10)6-12/h8-9,13H,3,5-7,12H2,1-2,4H3/t8?,9-/m0/s1. The van der Waals surface area contributed by atoms with Crippen LogP contribution in [0.1, 0.15) is 13.8 Å². The summed E-state index contributed by atoms with van der Waals surface area (Å²) in [6, 6.07) is 0. The van der Waals surface area contributed by atoms with Crippen molar-refractivity contribution in [3.63, 3.8) is 0 Å². The first-order valence-corrected chi connectivity index (χ1v) is 18.0. The minimum absolute atomic E-state index is 0.676. The van der Waals surface area contributed by atoms with Crippen LogP contribution in [0.25, 0.3) is 0 Å². The van der Waals surface area contributed by atoms with Gasteiger partial charge in [-0.05, 0) is 0 Å². The van der Waals surface area contributed by atoms with Crippen molar-refractivity contribution < 1.29 is 0 Å². The zero-order valence-corrected chi connectivity index (χ0v) is 13.1. The average molecular weight is 412 g/mol. The summed E-state index contributed by atoms with van der Waals surface area (Å²) in [5.74, 6) is 0. The predicted octanol–water partition coefficient (Wildman–Crippen LogP) is 1.81. The minimum atomic E-state index is -1.56. The van der Waals surface area contributed by atoms with Gasteiger partial charge in [-0.2, -0.15) is 0 Å². The van der Waals surface area contributed by atoms with Crippen LogP contribution < -0.4 is 11.1 Å². The van der Waals surface area contributed by atoms with Crippen molar-refractivity contribution >= 4 is 34.3 Å².